The molecule has 3 aromatic rings. The molecule has 2 aliphatic rings. The number of benzene rings is 1. The van der Waals surface area contributed by atoms with E-state index < -0.39 is 11.0 Å². The van der Waals surface area contributed by atoms with Crippen LogP contribution in [0.3, 0.4) is 0 Å². The molecule has 4 heterocycles. The van der Waals surface area contributed by atoms with Crippen molar-refractivity contribution < 1.29 is 23.7 Å². The van der Waals surface area contributed by atoms with E-state index in [1.54, 1.807) is 24.3 Å². The van der Waals surface area contributed by atoms with Crippen LogP contribution in [0.15, 0.2) is 69.7 Å². The second kappa shape index (κ2) is 11.7. The van der Waals surface area contributed by atoms with E-state index in [0.717, 1.165) is 23.7 Å². The highest BCUT2D eigenvalue weighted by molar-refractivity contribution is 7.12. The number of amides is 2. The fraction of sp³-hybridized carbons (Fsp3) is 0.346. The first-order valence-corrected chi connectivity index (χ1v) is 13.2. The van der Waals surface area contributed by atoms with Gasteiger partial charge in [-0.1, -0.05) is 18.2 Å². The fourth-order valence-corrected chi connectivity index (χ4v) is 5.29. The van der Waals surface area contributed by atoms with E-state index >= 15 is 0 Å². The third kappa shape index (κ3) is 5.82. The molecule has 1 atom stereocenters. The Bertz CT molecular complexity index is 1300. The molecule has 2 amide bonds. The summed E-state index contributed by atoms with van der Waals surface area (Å²) in [5.41, 5.74) is 1.28. The van der Waals surface area contributed by atoms with Crippen molar-refractivity contribution in [1.29, 1.82) is 0 Å². The van der Waals surface area contributed by atoms with E-state index in [9.17, 15) is 19.7 Å². The molecule has 0 unspecified atom stereocenters. The number of rotatable bonds is 9. The number of morpholine rings is 1. The highest BCUT2D eigenvalue weighted by atomic mass is 32.1. The molecule has 0 radical (unpaired) electrons. The van der Waals surface area contributed by atoms with E-state index in [1.807, 2.05) is 17.5 Å². The summed E-state index contributed by atoms with van der Waals surface area (Å²) >= 11 is 1.51. The number of carbonyl (C=O) groups excluding carboxylic acids is 2. The lowest BCUT2D eigenvalue weighted by Crippen LogP contribution is -2.46. The van der Waals surface area contributed by atoms with E-state index in [-0.39, 0.29) is 29.8 Å². The summed E-state index contributed by atoms with van der Waals surface area (Å²) in [7, 11) is 0. The van der Waals surface area contributed by atoms with Crippen molar-refractivity contribution >= 4 is 34.6 Å². The Morgan fingerprint density at radius 1 is 1.16 bits per heavy atom. The van der Waals surface area contributed by atoms with Gasteiger partial charge in [-0.2, -0.15) is 5.10 Å². The smallest absolute Gasteiger partial charge is 0.290 e. The number of carbonyl (C=O) groups is 2. The van der Waals surface area contributed by atoms with Crippen molar-refractivity contribution in [2.75, 3.05) is 45.9 Å². The van der Waals surface area contributed by atoms with Gasteiger partial charge in [0, 0.05) is 44.7 Å². The molecule has 5 rings (SSSR count). The fourth-order valence-electron chi connectivity index (χ4n) is 4.57. The summed E-state index contributed by atoms with van der Waals surface area (Å²) in [5, 5.41) is 19.3. The van der Waals surface area contributed by atoms with Gasteiger partial charge in [0.15, 0.2) is 5.76 Å². The second-order valence-corrected chi connectivity index (χ2v) is 9.94. The Hall–Kier alpha value is -3.87. The number of thiophene rings is 1. The van der Waals surface area contributed by atoms with Crippen molar-refractivity contribution in [1.82, 2.24) is 14.8 Å². The van der Waals surface area contributed by atoms with Crippen LogP contribution >= 0.6 is 11.3 Å². The molecule has 0 saturated carbocycles. The zero-order valence-electron chi connectivity index (χ0n) is 20.6. The third-order valence-corrected chi connectivity index (χ3v) is 7.49. The summed E-state index contributed by atoms with van der Waals surface area (Å²) in [6.07, 6.45) is 1.83. The van der Waals surface area contributed by atoms with Gasteiger partial charge in [0.1, 0.15) is 6.54 Å². The summed E-state index contributed by atoms with van der Waals surface area (Å²) in [6, 6.07) is 12.8. The van der Waals surface area contributed by atoms with Gasteiger partial charge in [-0.05, 0) is 29.1 Å². The van der Waals surface area contributed by atoms with Crippen molar-refractivity contribution in [2.24, 2.45) is 5.10 Å². The molecular formula is C26H27N5O6S. The standard InChI is InChI=1S/C26H27N5O6S/c32-25(18-29(26(33)23-6-2-12-37-23)9-8-28-10-13-36-14-11-28)30-22(17-21(27-30)24-7-3-15-38-24)19-4-1-5-20(16-19)31(34)35/h1-7,12,15-16,22H,8-11,13-14,17-18H2/t22-/m0/s1. The Kier molecular flexibility index (Phi) is 7.91. The Balaban J connectivity index is 1.39. The van der Waals surface area contributed by atoms with E-state index in [1.165, 1.54) is 39.6 Å². The van der Waals surface area contributed by atoms with Crippen molar-refractivity contribution in [3.63, 3.8) is 0 Å². The first-order chi connectivity index (χ1) is 18.5. The highest BCUT2D eigenvalue weighted by Gasteiger charge is 2.35. The minimum absolute atomic E-state index is 0.0559. The number of hydrazone groups is 1. The van der Waals surface area contributed by atoms with Gasteiger partial charge in [-0.15, -0.1) is 11.3 Å². The minimum Gasteiger partial charge on any atom is -0.459 e. The Morgan fingerprint density at radius 2 is 2.00 bits per heavy atom. The number of ether oxygens (including phenoxy) is 1. The molecule has 0 aliphatic carbocycles. The highest BCUT2D eigenvalue weighted by Crippen LogP contribution is 2.35. The van der Waals surface area contributed by atoms with Crippen molar-refractivity contribution in [3.05, 3.63) is 86.5 Å². The van der Waals surface area contributed by atoms with Crippen LogP contribution in [0.5, 0.6) is 0 Å². The number of nitro benzene ring substituents is 1. The van der Waals surface area contributed by atoms with Crippen LogP contribution in [0.2, 0.25) is 0 Å². The van der Waals surface area contributed by atoms with Crippen LogP contribution in [0.25, 0.3) is 0 Å². The first kappa shape index (κ1) is 25.8. The monoisotopic (exact) mass is 537 g/mol. The number of hydrogen-bond donors (Lipinski definition) is 0. The Labute approximate surface area is 223 Å². The normalized spacial score (nSPS) is 17.8. The van der Waals surface area contributed by atoms with Crippen molar-refractivity contribution in [3.8, 4) is 0 Å². The van der Waals surface area contributed by atoms with E-state index in [2.05, 4.69) is 10.0 Å². The zero-order chi connectivity index (χ0) is 26.5. The molecule has 198 valence electrons. The van der Waals surface area contributed by atoms with Gasteiger partial charge >= 0.3 is 0 Å². The molecule has 12 heteroatoms. The summed E-state index contributed by atoms with van der Waals surface area (Å²) in [5.74, 6) is -0.612. The zero-order valence-corrected chi connectivity index (χ0v) is 21.4. The topological polar surface area (TPSA) is 122 Å². The van der Waals surface area contributed by atoms with E-state index in [4.69, 9.17) is 9.15 Å². The largest absolute Gasteiger partial charge is 0.459 e. The molecule has 2 aromatic heterocycles. The first-order valence-electron chi connectivity index (χ1n) is 12.3. The lowest BCUT2D eigenvalue weighted by Gasteiger charge is -2.30. The molecule has 0 N–H and O–H groups in total. The molecule has 0 spiro atoms. The van der Waals surface area contributed by atoms with Crippen LogP contribution in [0.1, 0.15) is 33.5 Å². The lowest BCUT2D eigenvalue weighted by molar-refractivity contribution is -0.385. The molecule has 1 saturated heterocycles. The third-order valence-electron chi connectivity index (χ3n) is 6.57. The number of nitrogens with zero attached hydrogens (tertiary/aromatic N) is 5. The molecule has 1 aromatic carbocycles. The maximum Gasteiger partial charge on any atom is 0.290 e. The molecule has 11 nitrogen and oxygen atoms in total. The lowest BCUT2D eigenvalue weighted by atomic mass is 10.0. The number of nitro groups is 1. The van der Waals surface area contributed by atoms with Crippen LogP contribution in [-0.2, 0) is 9.53 Å². The van der Waals surface area contributed by atoms with Crippen LogP contribution in [-0.4, -0.2) is 83.2 Å². The number of furan rings is 1. The van der Waals surface area contributed by atoms with Gasteiger partial charge in [0.25, 0.3) is 17.5 Å². The van der Waals surface area contributed by atoms with Crippen molar-refractivity contribution in [2.45, 2.75) is 12.5 Å². The van der Waals surface area contributed by atoms with Crippen LogP contribution < -0.4 is 0 Å². The minimum atomic E-state index is -0.528. The van der Waals surface area contributed by atoms with Gasteiger partial charge in [-0.3, -0.25) is 24.6 Å². The average molecular weight is 538 g/mol. The Morgan fingerprint density at radius 3 is 2.71 bits per heavy atom. The maximum absolute atomic E-state index is 13.7. The molecule has 1 fully saturated rings. The van der Waals surface area contributed by atoms with Gasteiger partial charge in [0.05, 0.1) is 41.0 Å². The predicted octanol–water partition coefficient (Wildman–Crippen LogP) is 3.40. The van der Waals surface area contributed by atoms with Gasteiger partial charge in [0.2, 0.25) is 0 Å². The summed E-state index contributed by atoms with van der Waals surface area (Å²) < 4.78 is 10.7. The second-order valence-electron chi connectivity index (χ2n) is 8.99. The van der Waals surface area contributed by atoms with Crippen LogP contribution in [0, 0.1) is 10.1 Å². The van der Waals surface area contributed by atoms with Crippen LogP contribution in [0.4, 0.5) is 5.69 Å². The molecule has 38 heavy (non-hydrogen) atoms. The van der Waals surface area contributed by atoms with E-state index in [0.29, 0.717) is 38.3 Å². The average Bonchev–Trinajstić information content (AvgIpc) is 3.73. The quantitative estimate of drug-likeness (QED) is 0.303. The van der Waals surface area contributed by atoms with Gasteiger partial charge in [-0.25, -0.2) is 5.01 Å². The molecule has 0 bridgehead atoms. The summed E-state index contributed by atoms with van der Waals surface area (Å²) in [6.45, 7) is 3.46. The number of hydrogen-bond acceptors (Lipinski definition) is 9. The molecular weight excluding hydrogens is 510 g/mol. The maximum atomic E-state index is 13.7. The van der Waals surface area contributed by atoms with Gasteiger partial charge < -0.3 is 14.1 Å². The SMILES string of the molecule is O=C(c1ccco1)N(CCN1CCOCC1)CC(=O)N1N=C(c2cccs2)C[C@H]1c1cccc([N+](=O)[O-])c1. The summed E-state index contributed by atoms with van der Waals surface area (Å²) in [4.78, 5) is 42.5. The predicted molar refractivity (Wildman–Crippen MR) is 140 cm³/mol. The molecule has 2 aliphatic heterocycles. The number of non-ortho nitro benzene ring substituents is 1.